The van der Waals surface area contributed by atoms with Gasteiger partial charge in [0.2, 0.25) is 7.37 Å². The van der Waals surface area contributed by atoms with Crippen LogP contribution in [0.5, 0.6) is 0 Å². The highest BCUT2D eigenvalue weighted by molar-refractivity contribution is 7.65. The van der Waals surface area contributed by atoms with Crippen molar-refractivity contribution in [1.29, 1.82) is 0 Å². The molecule has 0 fully saturated rings. The molecule has 1 rings (SSSR count). The molecule has 1 aliphatic heterocycles. The number of hydrogen-bond acceptors (Lipinski definition) is 2. The van der Waals surface area contributed by atoms with Crippen LogP contribution in [0.4, 0.5) is 0 Å². The van der Waals surface area contributed by atoms with E-state index >= 15 is 0 Å². The van der Waals surface area contributed by atoms with Gasteiger partial charge in [-0.3, -0.25) is 4.57 Å². The van der Waals surface area contributed by atoms with Crippen LogP contribution >= 0.6 is 7.37 Å². The quantitative estimate of drug-likeness (QED) is 0.634. The molecular formula is C10H17O2P. The molecular weight excluding hydrogens is 183 g/mol. The second-order valence-electron chi connectivity index (χ2n) is 4.67. The molecule has 0 radical (unpaired) electrons. The molecule has 0 aliphatic carbocycles. The van der Waals surface area contributed by atoms with Crippen LogP contribution in [-0.2, 0) is 9.09 Å². The fourth-order valence-corrected chi connectivity index (χ4v) is 2.90. The Balaban J connectivity index is 2.57. The third-order valence-electron chi connectivity index (χ3n) is 1.63. The minimum atomic E-state index is -2.57. The minimum Gasteiger partial charge on any atom is -0.322 e. The first-order chi connectivity index (χ1) is 5.81. The first kappa shape index (κ1) is 10.7. The molecule has 0 spiro atoms. The maximum Gasteiger partial charge on any atom is 0.247 e. The lowest BCUT2D eigenvalue weighted by Crippen LogP contribution is -2.12. The zero-order valence-corrected chi connectivity index (χ0v) is 9.60. The molecule has 0 aromatic rings. The molecule has 13 heavy (non-hydrogen) atoms. The Morgan fingerprint density at radius 3 is 2.46 bits per heavy atom. The molecule has 0 aromatic carbocycles. The fourth-order valence-electron chi connectivity index (χ4n) is 0.966. The van der Waals surface area contributed by atoms with E-state index in [0.717, 1.165) is 5.57 Å². The fraction of sp³-hybridized carbons (Fsp3) is 0.600. The van der Waals surface area contributed by atoms with Gasteiger partial charge in [-0.1, -0.05) is 26.8 Å². The van der Waals surface area contributed by atoms with Gasteiger partial charge in [-0.2, -0.15) is 0 Å². The predicted octanol–water partition coefficient (Wildman–Crippen LogP) is 3.76. The van der Waals surface area contributed by atoms with Gasteiger partial charge in [0, 0.05) is 11.6 Å². The number of hydrogen-bond donors (Lipinski definition) is 0. The van der Waals surface area contributed by atoms with Crippen LogP contribution in [-0.4, -0.2) is 6.61 Å². The van der Waals surface area contributed by atoms with Gasteiger partial charge in [-0.05, 0) is 17.9 Å². The van der Waals surface area contributed by atoms with Crippen LogP contribution in [0.15, 0.2) is 23.3 Å². The summed E-state index contributed by atoms with van der Waals surface area (Å²) in [4.78, 5) is 0. The molecule has 1 aliphatic rings. The Labute approximate surface area is 80.1 Å². The lowest BCUT2D eigenvalue weighted by Gasteiger charge is -2.19. The summed E-state index contributed by atoms with van der Waals surface area (Å²) in [5, 5.41) is 0. The Hall–Kier alpha value is -0.330. The van der Waals surface area contributed by atoms with E-state index in [1.165, 1.54) is 0 Å². The van der Waals surface area contributed by atoms with Crippen LogP contribution in [0.2, 0.25) is 0 Å². The zero-order valence-electron chi connectivity index (χ0n) is 8.70. The molecule has 0 bridgehead atoms. The molecule has 3 heteroatoms. The van der Waals surface area contributed by atoms with Crippen molar-refractivity contribution in [2.75, 3.05) is 6.61 Å². The first-order valence-corrected chi connectivity index (χ1v) is 6.20. The first-order valence-electron chi connectivity index (χ1n) is 4.43. The van der Waals surface area contributed by atoms with Gasteiger partial charge in [-0.15, -0.1) is 0 Å². The van der Waals surface area contributed by atoms with Crippen molar-refractivity contribution in [3.05, 3.63) is 23.3 Å². The monoisotopic (exact) mass is 200 g/mol. The Morgan fingerprint density at radius 2 is 2.08 bits per heavy atom. The largest absolute Gasteiger partial charge is 0.322 e. The molecule has 0 saturated heterocycles. The van der Waals surface area contributed by atoms with E-state index in [4.69, 9.17) is 4.52 Å². The normalized spacial score (nSPS) is 27.8. The summed E-state index contributed by atoms with van der Waals surface area (Å²) >= 11 is 0. The van der Waals surface area contributed by atoms with Crippen LogP contribution in [0.25, 0.3) is 0 Å². The summed E-state index contributed by atoms with van der Waals surface area (Å²) in [6.07, 6.45) is 1.85. The molecule has 1 atom stereocenters. The maximum absolute atomic E-state index is 11.9. The third kappa shape index (κ3) is 3.50. The Kier molecular flexibility index (Phi) is 2.84. The highest BCUT2D eigenvalue weighted by Crippen LogP contribution is 2.55. The highest BCUT2D eigenvalue weighted by atomic mass is 31.2. The van der Waals surface area contributed by atoms with Gasteiger partial charge in [-0.25, -0.2) is 0 Å². The number of allylic oxidation sites excluding steroid dienone is 2. The van der Waals surface area contributed by atoms with Gasteiger partial charge in [0.05, 0.1) is 6.61 Å². The van der Waals surface area contributed by atoms with Crippen LogP contribution in [0.1, 0.15) is 27.7 Å². The molecule has 0 N–H and O–H groups in total. The molecule has 0 aromatic heterocycles. The Morgan fingerprint density at radius 1 is 1.46 bits per heavy atom. The van der Waals surface area contributed by atoms with Crippen LogP contribution < -0.4 is 0 Å². The van der Waals surface area contributed by atoms with E-state index in [9.17, 15) is 4.57 Å². The highest BCUT2D eigenvalue weighted by Gasteiger charge is 2.23. The molecule has 1 unspecified atom stereocenters. The second kappa shape index (κ2) is 3.43. The summed E-state index contributed by atoms with van der Waals surface area (Å²) in [6.45, 7) is 8.65. The maximum atomic E-state index is 11.9. The molecule has 2 nitrogen and oxygen atoms in total. The standard InChI is InChI=1S/C10H17O2P/c1-9-5-6-13(11,7-9)12-8-10(2,3)4/h5-7H,8H2,1-4H3. The van der Waals surface area contributed by atoms with Crippen molar-refractivity contribution < 1.29 is 9.09 Å². The van der Waals surface area contributed by atoms with E-state index in [2.05, 4.69) is 20.8 Å². The molecule has 0 amide bonds. The van der Waals surface area contributed by atoms with E-state index < -0.39 is 7.37 Å². The van der Waals surface area contributed by atoms with E-state index in [1.54, 1.807) is 11.6 Å². The van der Waals surface area contributed by atoms with Gasteiger partial charge < -0.3 is 4.52 Å². The van der Waals surface area contributed by atoms with Crippen molar-refractivity contribution in [3.8, 4) is 0 Å². The zero-order chi connectivity index (χ0) is 10.1. The van der Waals surface area contributed by atoms with E-state index in [0.29, 0.717) is 6.61 Å². The summed E-state index contributed by atoms with van der Waals surface area (Å²) in [7, 11) is -2.57. The summed E-state index contributed by atoms with van der Waals surface area (Å²) in [6, 6.07) is 0. The summed E-state index contributed by atoms with van der Waals surface area (Å²) in [5.41, 5.74) is 1.09. The smallest absolute Gasteiger partial charge is 0.247 e. The van der Waals surface area contributed by atoms with Gasteiger partial charge in [0.25, 0.3) is 0 Å². The summed E-state index contributed by atoms with van der Waals surface area (Å²) in [5.74, 6) is 3.40. The van der Waals surface area contributed by atoms with E-state index in [-0.39, 0.29) is 5.41 Å². The SMILES string of the molecule is CC1=CP(=O)(OCC(C)(C)C)C=C1. The van der Waals surface area contributed by atoms with Crippen LogP contribution in [0.3, 0.4) is 0 Å². The average molecular weight is 200 g/mol. The lowest BCUT2D eigenvalue weighted by molar-refractivity contribution is 0.205. The minimum absolute atomic E-state index is 0.0651. The van der Waals surface area contributed by atoms with Crippen LogP contribution in [0, 0.1) is 5.41 Å². The van der Waals surface area contributed by atoms with Gasteiger partial charge in [0.15, 0.2) is 0 Å². The third-order valence-corrected chi connectivity index (χ3v) is 3.49. The van der Waals surface area contributed by atoms with Crippen molar-refractivity contribution in [3.63, 3.8) is 0 Å². The second-order valence-corrected chi connectivity index (χ2v) is 6.77. The Bertz CT molecular complexity index is 295. The topological polar surface area (TPSA) is 26.3 Å². The molecule has 74 valence electrons. The average Bonchev–Trinajstić information content (AvgIpc) is 2.27. The lowest BCUT2D eigenvalue weighted by atomic mass is 9.99. The van der Waals surface area contributed by atoms with Crippen molar-refractivity contribution in [2.24, 2.45) is 5.41 Å². The van der Waals surface area contributed by atoms with E-state index in [1.807, 2.05) is 13.0 Å². The van der Waals surface area contributed by atoms with Crippen molar-refractivity contribution >= 4 is 7.37 Å². The summed E-state index contributed by atoms with van der Waals surface area (Å²) < 4.78 is 17.3. The van der Waals surface area contributed by atoms with Crippen molar-refractivity contribution in [2.45, 2.75) is 27.7 Å². The van der Waals surface area contributed by atoms with Gasteiger partial charge >= 0.3 is 0 Å². The van der Waals surface area contributed by atoms with Gasteiger partial charge in [0.1, 0.15) is 0 Å². The molecule has 1 heterocycles. The predicted molar refractivity (Wildman–Crippen MR) is 55.9 cm³/mol. The number of rotatable bonds is 2. The molecule has 0 saturated carbocycles. The van der Waals surface area contributed by atoms with Crippen molar-refractivity contribution in [1.82, 2.24) is 0 Å².